The molecule has 4 heterocycles. The molecule has 39 heavy (non-hydrogen) atoms. The van der Waals surface area contributed by atoms with Gasteiger partial charge in [0.25, 0.3) is 0 Å². The van der Waals surface area contributed by atoms with E-state index in [4.69, 9.17) is 4.74 Å². The van der Waals surface area contributed by atoms with Crippen LogP contribution in [0.2, 0.25) is 0 Å². The maximum atomic E-state index is 12.1. The number of amides is 1. The van der Waals surface area contributed by atoms with Gasteiger partial charge in [-0.1, -0.05) is 6.58 Å². The Hall–Kier alpha value is -5.06. The third-order valence-electron chi connectivity index (χ3n) is 6.73. The van der Waals surface area contributed by atoms with Crippen LogP contribution in [0.3, 0.4) is 0 Å². The summed E-state index contributed by atoms with van der Waals surface area (Å²) in [6.45, 7) is 7.00. The van der Waals surface area contributed by atoms with Crippen molar-refractivity contribution in [1.82, 2.24) is 34.4 Å². The number of fused-ring (bicyclic) bond motifs is 2. The first-order valence-corrected chi connectivity index (χ1v) is 12.7. The number of hydrogen-bond acceptors (Lipinski definition) is 9. The number of benzene rings is 2. The van der Waals surface area contributed by atoms with Gasteiger partial charge in [0.15, 0.2) is 5.65 Å². The molecule has 1 saturated heterocycles. The van der Waals surface area contributed by atoms with E-state index in [1.54, 1.807) is 29.4 Å². The van der Waals surface area contributed by atoms with E-state index in [9.17, 15) is 4.79 Å². The standard InChI is InChI=1S/C28H27N9O2/c1-3-27(38)36-10-4-5-21(14-36)33-20-6-8-23-22(12-20)28(30-15-29-23)34-19-7-9-24(18(2)11-19)39-26-13-25-35-32-17-37(25)16-31-26/h3,6-9,11-13,15-17,21,33H,1,4-5,10,14H2,2H3,(H,29,30,34)/t21-/m1/s1. The fraction of sp³-hybridized carbons (Fsp3) is 0.214. The van der Waals surface area contributed by atoms with Gasteiger partial charge in [0, 0.05) is 42.0 Å². The molecule has 2 aromatic carbocycles. The van der Waals surface area contributed by atoms with Gasteiger partial charge in [0.05, 0.1) is 5.52 Å². The fourth-order valence-electron chi connectivity index (χ4n) is 4.76. The molecule has 0 bridgehead atoms. The number of carbonyl (C=O) groups excluding carboxylic acids is 1. The average Bonchev–Trinajstić information content (AvgIpc) is 3.43. The summed E-state index contributed by atoms with van der Waals surface area (Å²) in [6.07, 6.45) is 8.07. The van der Waals surface area contributed by atoms with E-state index in [1.165, 1.54) is 6.08 Å². The van der Waals surface area contributed by atoms with Crippen molar-refractivity contribution < 1.29 is 9.53 Å². The minimum absolute atomic E-state index is 0.0285. The molecule has 0 spiro atoms. The monoisotopic (exact) mass is 521 g/mol. The van der Waals surface area contributed by atoms with Crippen LogP contribution in [-0.4, -0.2) is 59.5 Å². The lowest BCUT2D eigenvalue weighted by Gasteiger charge is -2.33. The number of ether oxygens (including phenoxy) is 1. The average molecular weight is 522 g/mol. The lowest BCUT2D eigenvalue weighted by atomic mass is 10.0. The highest BCUT2D eigenvalue weighted by molar-refractivity contribution is 5.93. The van der Waals surface area contributed by atoms with Gasteiger partial charge in [0.2, 0.25) is 11.8 Å². The Morgan fingerprint density at radius 2 is 2.00 bits per heavy atom. The number of hydrogen-bond donors (Lipinski definition) is 2. The number of anilines is 3. The number of aromatic nitrogens is 6. The largest absolute Gasteiger partial charge is 0.439 e. The van der Waals surface area contributed by atoms with Crippen LogP contribution in [0.4, 0.5) is 17.2 Å². The van der Waals surface area contributed by atoms with Gasteiger partial charge in [0.1, 0.15) is 30.5 Å². The Labute approximate surface area is 224 Å². The van der Waals surface area contributed by atoms with E-state index in [1.807, 2.05) is 48.2 Å². The quantitative estimate of drug-likeness (QED) is 0.298. The molecule has 1 amide bonds. The first-order chi connectivity index (χ1) is 19.1. The maximum Gasteiger partial charge on any atom is 0.246 e. The second kappa shape index (κ2) is 10.4. The zero-order valence-corrected chi connectivity index (χ0v) is 21.4. The minimum Gasteiger partial charge on any atom is -0.439 e. The van der Waals surface area contributed by atoms with E-state index in [-0.39, 0.29) is 11.9 Å². The molecular formula is C28H27N9O2. The minimum atomic E-state index is -0.0285. The summed E-state index contributed by atoms with van der Waals surface area (Å²) >= 11 is 0. The van der Waals surface area contributed by atoms with Crippen LogP contribution < -0.4 is 15.4 Å². The fourth-order valence-corrected chi connectivity index (χ4v) is 4.76. The molecule has 5 aromatic rings. The molecular weight excluding hydrogens is 494 g/mol. The molecule has 6 rings (SSSR count). The molecule has 196 valence electrons. The van der Waals surface area contributed by atoms with Crippen molar-refractivity contribution in [3.8, 4) is 11.6 Å². The Kier molecular flexibility index (Phi) is 6.45. The first-order valence-electron chi connectivity index (χ1n) is 12.7. The SMILES string of the molecule is C=CC(=O)N1CCC[C@@H](Nc2ccc3ncnc(Nc4ccc(Oc5cc6nncn6cn5)c(C)c4)c3c2)C1. The van der Waals surface area contributed by atoms with Crippen LogP contribution >= 0.6 is 0 Å². The predicted octanol–water partition coefficient (Wildman–Crippen LogP) is 4.50. The van der Waals surface area contributed by atoms with Gasteiger partial charge >= 0.3 is 0 Å². The van der Waals surface area contributed by atoms with Gasteiger partial charge in [-0.2, -0.15) is 0 Å². The topological polar surface area (TPSA) is 122 Å². The van der Waals surface area contributed by atoms with E-state index in [2.05, 4.69) is 42.4 Å². The Balaban J connectivity index is 1.19. The van der Waals surface area contributed by atoms with Crippen molar-refractivity contribution in [1.29, 1.82) is 0 Å². The van der Waals surface area contributed by atoms with Gasteiger partial charge in [-0.3, -0.25) is 9.20 Å². The van der Waals surface area contributed by atoms with Crippen LogP contribution in [-0.2, 0) is 4.79 Å². The summed E-state index contributed by atoms with van der Waals surface area (Å²) in [4.78, 5) is 27.2. The van der Waals surface area contributed by atoms with E-state index >= 15 is 0 Å². The number of nitrogens with one attached hydrogen (secondary N) is 2. The molecule has 1 aliphatic rings. The summed E-state index contributed by atoms with van der Waals surface area (Å²) < 4.78 is 7.71. The molecule has 11 nitrogen and oxygen atoms in total. The van der Waals surface area contributed by atoms with Crippen molar-refractivity contribution in [2.24, 2.45) is 0 Å². The van der Waals surface area contributed by atoms with Gasteiger partial charge < -0.3 is 20.3 Å². The number of likely N-dealkylation sites (tertiary alicyclic amines) is 1. The van der Waals surface area contributed by atoms with Crippen molar-refractivity contribution in [2.45, 2.75) is 25.8 Å². The Bertz CT molecular complexity index is 1680. The molecule has 0 aliphatic carbocycles. The lowest BCUT2D eigenvalue weighted by Crippen LogP contribution is -2.44. The summed E-state index contributed by atoms with van der Waals surface area (Å²) in [5, 5.41) is 15.8. The van der Waals surface area contributed by atoms with E-state index in [0.717, 1.165) is 47.2 Å². The molecule has 3 aromatic heterocycles. The van der Waals surface area contributed by atoms with Gasteiger partial charge in [-0.15, -0.1) is 10.2 Å². The highest BCUT2D eigenvalue weighted by atomic mass is 16.5. The second-order valence-electron chi connectivity index (χ2n) is 9.46. The summed E-state index contributed by atoms with van der Waals surface area (Å²) in [5.41, 5.74) is 4.24. The highest BCUT2D eigenvalue weighted by Gasteiger charge is 2.22. The zero-order chi connectivity index (χ0) is 26.8. The van der Waals surface area contributed by atoms with Crippen molar-refractivity contribution in [3.05, 3.63) is 79.7 Å². The molecule has 11 heteroatoms. The molecule has 1 atom stereocenters. The second-order valence-corrected chi connectivity index (χ2v) is 9.46. The zero-order valence-electron chi connectivity index (χ0n) is 21.4. The van der Waals surface area contributed by atoms with E-state index < -0.39 is 0 Å². The number of aryl methyl sites for hydroxylation is 1. The van der Waals surface area contributed by atoms with Crippen molar-refractivity contribution in [3.63, 3.8) is 0 Å². The Morgan fingerprint density at radius 1 is 1.10 bits per heavy atom. The van der Waals surface area contributed by atoms with Crippen LogP contribution in [0.15, 0.2) is 74.1 Å². The maximum absolute atomic E-state index is 12.1. The van der Waals surface area contributed by atoms with Crippen LogP contribution in [0, 0.1) is 6.92 Å². The summed E-state index contributed by atoms with van der Waals surface area (Å²) in [5.74, 6) is 1.80. The molecule has 1 aliphatic heterocycles. The third-order valence-corrected chi connectivity index (χ3v) is 6.73. The van der Waals surface area contributed by atoms with Crippen molar-refractivity contribution in [2.75, 3.05) is 23.7 Å². The molecule has 0 radical (unpaired) electrons. The highest BCUT2D eigenvalue weighted by Crippen LogP contribution is 2.30. The summed E-state index contributed by atoms with van der Waals surface area (Å²) in [7, 11) is 0. The van der Waals surface area contributed by atoms with E-state index in [0.29, 0.717) is 29.6 Å². The normalized spacial score (nSPS) is 15.3. The number of carbonyl (C=O) groups is 1. The number of piperidine rings is 1. The van der Waals surface area contributed by atoms with Gasteiger partial charge in [-0.25, -0.2) is 15.0 Å². The predicted molar refractivity (Wildman–Crippen MR) is 148 cm³/mol. The molecule has 1 fully saturated rings. The lowest BCUT2D eigenvalue weighted by molar-refractivity contribution is -0.127. The van der Waals surface area contributed by atoms with Crippen LogP contribution in [0.25, 0.3) is 16.6 Å². The molecule has 2 N–H and O–H groups in total. The third kappa shape index (κ3) is 5.19. The number of nitrogens with zero attached hydrogens (tertiary/aromatic N) is 7. The smallest absolute Gasteiger partial charge is 0.246 e. The first kappa shape index (κ1) is 24.3. The Morgan fingerprint density at radius 3 is 2.87 bits per heavy atom. The summed E-state index contributed by atoms with van der Waals surface area (Å²) in [6, 6.07) is 13.7. The number of rotatable bonds is 7. The van der Waals surface area contributed by atoms with Crippen molar-refractivity contribution >= 4 is 39.6 Å². The molecule has 0 saturated carbocycles. The van der Waals surface area contributed by atoms with Crippen LogP contribution in [0.1, 0.15) is 18.4 Å². The van der Waals surface area contributed by atoms with Crippen LogP contribution in [0.5, 0.6) is 11.6 Å². The van der Waals surface area contributed by atoms with Gasteiger partial charge in [-0.05, 0) is 67.8 Å². The molecule has 0 unspecified atom stereocenters.